The average molecular weight is 450 g/mol. The largest absolute Gasteiger partial charge is 0.312 e. The van der Waals surface area contributed by atoms with Crippen LogP contribution in [0.2, 0.25) is 5.02 Å². The minimum atomic E-state index is -3.72. The molecule has 2 aliphatic rings. The van der Waals surface area contributed by atoms with Crippen LogP contribution in [0.15, 0.2) is 47.4 Å². The van der Waals surface area contributed by atoms with E-state index in [9.17, 15) is 23.3 Å². The maximum absolute atomic E-state index is 13.2. The van der Waals surface area contributed by atoms with Gasteiger partial charge >= 0.3 is 0 Å². The Bertz CT molecular complexity index is 1100. The molecule has 158 valence electrons. The Kier molecular flexibility index (Phi) is 5.52. The Morgan fingerprint density at radius 3 is 2.57 bits per heavy atom. The van der Waals surface area contributed by atoms with Gasteiger partial charge in [0, 0.05) is 42.5 Å². The molecule has 10 heteroatoms. The zero-order valence-electron chi connectivity index (χ0n) is 16.0. The highest BCUT2D eigenvalue weighted by atomic mass is 35.5. The number of non-ortho nitro benzene ring substituents is 1. The van der Waals surface area contributed by atoms with Gasteiger partial charge in [0.05, 0.1) is 15.7 Å². The van der Waals surface area contributed by atoms with Crippen LogP contribution in [0.1, 0.15) is 18.4 Å². The summed E-state index contributed by atoms with van der Waals surface area (Å²) in [6.45, 7) is 0.913. The first-order chi connectivity index (χ1) is 14.3. The number of amides is 1. The summed E-state index contributed by atoms with van der Waals surface area (Å²) in [7, 11) is -3.72. The molecule has 4 rings (SSSR count). The lowest BCUT2D eigenvalue weighted by Crippen LogP contribution is -2.46. The van der Waals surface area contributed by atoms with Gasteiger partial charge in [-0.15, -0.1) is 0 Å². The number of halogens is 1. The van der Waals surface area contributed by atoms with E-state index in [-0.39, 0.29) is 23.0 Å². The first-order valence-corrected chi connectivity index (χ1v) is 11.4. The van der Waals surface area contributed by atoms with Gasteiger partial charge in [-0.3, -0.25) is 14.9 Å². The summed E-state index contributed by atoms with van der Waals surface area (Å²) in [5, 5.41) is 11.4. The molecule has 0 radical (unpaired) electrons. The van der Waals surface area contributed by atoms with Crippen LogP contribution in [0.5, 0.6) is 0 Å². The Labute approximate surface area is 179 Å². The van der Waals surface area contributed by atoms with Crippen molar-refractivity contribution in [2.75, 3.05) is 24.5 Å². The molecule has 0 aliphatic carbocycles. The predicted molar refractivity (Wildman–Crippen MR) is 112 cm³/mol. The number of nitro groups is 1. The molecule has 2 aromatic carbocycles. The number of carbonyl (C=O) groups excluding carboxylic acids is 1. The molecule has 1 fully saturated rings. The van der Waals surface area contributed by atoms with Crippen LogP contribution in [0, 0.1) is 16.0 Å². The number of nitro benzene ring substituents is 1. The summed E-state index contributed by atoms with van der Waals surface area (Å²) in [5.74, 6) is -0.597. The van der Waals surface area contributed by atoms with Crippen molar-refractivity contribution < 1.29 is 18.1 Å². The smallest absolute Gasteiger partial charge is 0.269 e. The van der Waals surface area contributed by atoms with E-state index in [1.807, 2.05) is 0 Å². The van der Waals surface area contributed by atoms with Gasteiger partial charge in [-0.1, -0.05) is 11.6 Å². The Morgan fingerprint density at radius 2 is 1.87 bits per heavy atom. The molecule has 0 N–H and O–H groups in total. The fourth-order valence-electron chi connectivity index (χ4n) is 4.07. The standard InChI is InChI=1S/C20H20ClN3O5S/c21-16-3-6-18(7-4-16)30(28,29)22-10-1-2-15(13-22)20(25)23-11-9-14-12-17(24(26)27)5-8-19(14)23/h3-8,12,15H,1-2,9-11,13H2. The van der Waals surface area contributed by atoms with Crippen LogP contribution in [0.3, 0.4) is 0 Å². The van der Waals surface area contributed by atoms with E-state index in [4.69, 9.17) is 11.6 Å². The highest BCUT2D eigenvalue weighted by Gasteiger charge is 2.37. The topological polar surface area (TPSA) is 101 Å². The third-order valence-electron chi connectivity index (χ3n) is 5.62. The molecule has 2 aliphatic heterocycles. The van der Waals surface area contributed by atoms with E-state index in [1.54, 1.807) is 11.0 Å². The van der Waals surface area contributed by atoms with E-state index in [1.165, 1.54) is 40.7 Å². The lowest BCUT2D eigenvalue weighted by Gasteiger charge is -2.33. The maximum Gasteiger partial charge on any atom is 0.269 e. The van der Waals surface area contributed by atoms with Crippen LogP contribution < -0.4 is 4.90 Å². The van der Waals surface area contributed by atoms with E-state index in [2.05, 4.69) is 0 Å². The van der Waals surface area contributed by atoms with Gasteiger partial charge in [0.15, 0.2) is 0 Å². The minimum absolute atomic E-state index is 0.000878. The van der Waals surface area contributed by atoms with Crippen molar-refractivity contribution >= 4 is 38.9 Å². The molecular formula is C20H20ClN3O5S. The molecule has 1 atom stereocenters. The van der Waals surface area contributed by atoms with Gasteiger partial charge in [-0.05, 0) is 55.2 Å². The number of benzene rings is 2. The number of hydrogen-bond donors (Lipinski definition) is 0. The average Bonchev–Trinajstić information content (AvgIpc) is 3.17. The zero-order chi connectivity index (χ0) is 21.5. The van der Waals surface area contributed by atoms with Crippen LogP contribution in [0.4, 0.5) is 11.4 Å². The van der Waals surface area contributed by atoms with Crippen molar-refractivity contribution in [3.05, 3.63) is 63.2 Å². The number of hydrogen-bond acceptors (Lipinski definition) is 5. The summed E-state index contributed by atoms with van der Waals surface area (Å²) < 4.78 is 27.3. The summed E-state index contributed by atoms with van der Waals surface area (Å²) in [6.07, 6.45) is 1.73. The molecule has 1 amide bonds. The number of nitrogens with zero attached hydrogens (tertiary/aromatic N) is 3. The first-order valence-electron chi connectivity index (χ1n) is 9.62. The monoisotopic (exact) mass is 449 g/mol. The number of anilines is 1. The van der Waals surface area contributed by atoms with Gasteiger partial charge in [-0.25, -0.2) is 8.42 Å². The summed E-state index contributed by atoms with van der Waals surface area (Å²) >= 11 is 5.86. The third kappa shape index (κ3) is 3.80. The molecule has 1 unspecified atom stereocenters. The van der Waals surface area contributed by atoms with Crippen molar-refractivity contribution in [3.8, 4) is 0 Å². The number of fused-ring (bicyclic) bond motifs is 1. The number of carbonyl (C=O) groups is 1. The third-order valence-corrected chi connectivity index (χ3v) is 7.75. The van der Waals surface area contributed by atoms with E-state index in [0.29, 0.717) is 43.1 Å². The zero-order valence-corrected chi connectivity index (χ0v) is 17.6. The molecule has 8 nitrogen and oxygen atoms in total. The van der Waals surface area contributed by atoms with Crippen molar-refractivity contribution in [3.63, 3.8) is 0 Å². The van der Waals surface area contributed by atoms with Gasteiger partial charge in [0.25, 0.3) is 5.69 Å². The van der Waals surface area contributed by atoms with Gasteiger partial charge < -0.3 is 4.90 Å². The Balaban J connectivity index is 1.53. The highest BCUT2D eigenvalue weighted by Crippen LogP contribution is 2.34. The van der Waals surface area contributed by atoms with E-state index in [0.717, 1.165) is 5.56 Å². The fourth-order valence-corrected chi connectivity index (χ4v) is 5.72. The number of rotatable bonds is 4. The molecule has 0 spiro atoms. The summed E-state index contributed by atoms with van der Waals surface area (Å²) in [4.78, 5) is 25.5. The summed E-state index contributed by atoms with van der Waals surface area (Å²) in [6, 6.07) is 10.5. The van der Waals surface area contributed by atoms with Crippen LogP contribution in [-0.4, -0.2) is 43.2 Å². The SMILES string of the molecule is O=C(C1CCCN(S(=O)(=O)c2ccc(Cl)cc2)C1)N1CCc2cc([N+](=O)[O-])ccc21. The normalized spacial score (nSPS) is 19.5. The van der Waals surface area contributed by atoms with Crippen molar-refractivity contribution in [2.24, 2.45) is 5.92 Å². The van der Waals surface area contributed by atoms with Crippen LogP contribution >= 0.6 is 11.6 Å². The van der Waals surface area contributed by atoms with Gasteiger partial charge in [-0.2, -0.15) is 4.31 Å². The molecule has 0 saturated carbocycles. The van der Waals surface area contributed by atoms with Gasteiger partial charge in [0.2, 0.25) is 15.9 Å². The Morgan fingerprint density at radius 1 is 1.13 bits per heavy atom. The first kappa shape index (κ1) is 20.8. The predicted octanol–water partition coefficient (Wildman–Crippen LogP) is 3.24. The van der Waals surface area contributed by atoms with Crippen molar-refractivity contribution in [1.29, 1.82) is 0 Å². The molecule has 0 aromatic heterocycles. The molecular weight excluding hydrogens is 430 g/mol. The number of sulfonamides is 1. The molecule has 2 aromatic rings. The quantitative estimate of drug-likeness (QED) is 0.526. The molecule has 1 saturated heterocycles. The van der Waals surface area contributed by atoms with Crippen LogP contribution in [-0.2, 0) is 21.2 Å². The second-order valence-electron chi connectivity index (χ2n) is 7.47. The second kappa shape index (κ2) is 7.98. The molecule has 0 bridgehead atoms. The minimum Gasteiger partial charge on any atom is -0.312 e. The Hall–Kier alpha value is -2.49. The molecule has 2 heterocycles. The number of piperidine rings is 1. The van der Waals surface area contributed by atoms with Crippen molar-refractivity contribution in [2.45, 2.75) is 24.2 Å². The van der Waals surface area contributed by atoms with Crippen molar-refractivity contribution in [1.82, 2.24) is 4.31 Å². The van der Waals surface area contributed by atoms with Crippen LogP contribution in [0.25, 0.3) is 0 Å². The lowest BCUT2D eigenvalue weighted by molar-refractivity contribution is -0.384. The summed E-state index contributed by atoms with van der Waals surface area (Å²) in [5.41, 5.74) is 1.43. The molecule has 30 heavy (non-hydrogen) atoms. The van der Waals surface area contributed by atoms with Gasteiger partial charge in [0.1, 0.15) is 0 Å². The highest BCUT2D eigenvalue weighted by molar-refractivity contribution is 7.89. The maximum atomic E-state index is 13.2. The van der Waals surface area contributed by atoms with E-state index >= 15 is 0 Å². The lowest BCUT2D eigenvalue weighted by atomic mass is 9.98. The van der Waals surface area contributed by atoms with E-state index < -0.39 is 20.9 Å². The fraction of sp³-hybridized carbons (Fsp3) is 0.350. The second-order valence-corrected chi connectivity index (χ2v) is 9.84.